The molecule has 0 radical (unpaired) electrons. The first-order valence-electron chi connectivity index (χ1n) is 11.0. The Labute approximate surface area is 196 Å². The van der Waals surface area contributed by atoms with Gasteiger partial charge in [0.25, 0.3) is 5.91 Å². The molecular weight excluding hydrogens is 440 g/mol. The number of thiophene rings is 1. The van der Waals surface area contributed by atoms with E-state index in [0.29, 0.717) is 13.1 Å². The summed E-state index contributed by atoms with van der Waals surface area (Å²) in [5, 5.41) is 7.23. The third-order valence-electron chi connectivity index (χ3n) is 6.01. The Morgan fingerprint density at radius 1 is 1.00 bits per heavy atom. The highest BCUT2D eigenvalue weighted by atomic mass is 32.2. The number of nitrogens with zero attached hydrogens (tertiary/aromatic N) is 2. The fourth-order valence-electron chi connectivity index (χ4n) is 4.31. The van der Waals surface area contributed by atoms with Crippen molar-refractivity contribution in [3.63, 3.8) is 0 Å². The third-order valence-corrected chi connectivity index (χ3v) is 8.42. The van der Waals surface area contributed by atoms with Crippen molar-refractivity contribution >= 4 is 40.7 Å². The molecule has 1 fully saturated rings. The van der Waals surface area contributed by atoms with Crippen molar-refractivity contribution in [1.29, 1.82) is 0 Å². The van der Waals surface area contributed by atoms with E-state index in [4.69, 9.17) is 0 Å². The Kier molecular flexibility index (Phi) is 6.23. The van der Waals surface area contributed by atoms with E-state index in [9.17, 15) is 9.59 Å². The molecule has 32 heavy (non-hydrogen) atoms. The number of para-hydroxylation sites is 1. The minimum atomic E-state index is -0.0831. The second-order valence-corrected chi connectivity index (χ2v) is 10.3. The summed E-state index contributed by atoms with van der Waals surface area (Å²) in [5.41, 5.74) is 2.85. The lowest BCUT2D eigenvalue weighted by Crippen LogP contribution is -2.47. The van der Waals surface area contributed by atoms with Crippen molar-refractivity contribution in [3.05, 3.63) is 70.9 Å². The van der Waals surface area contributed by atoms with Gasteiger partial charge in [0.05, 0.1) is 5.56 Å². The summed E-state index contributed by atoms with van der Waals surface area (Å²) >= 11 is 3.67. The van der Waals surface area contributed by atoms with E-state index in [1.54, 1.807) is 11.3 Å². The van der Waals surface area contributed by atoms with Crippen molar-refractivity contribution in [1.82, 2.24) is 14.8 Å². The number of rotatable bonds is 4. The number of hydrogen-bond donors (Lipinski definition) is 2. The van der Waals surface area contributed by atoms with Gasteiger partial charge in [0.1, 0.15) is 5.00 Å². The average Bonchev–Trinajstić information content (AvgIpc) is 3.48. The number of urea groups is 1. The molecule has 0 saturated carbocycles. The van der Waals surface area contributed by atoms with Gasteiger partial charge in [-0.3, -0.25) is 4.79 Å². The number of piperidine rings is 1. The molecule has 2 aliphatic heterocycles. The van der Waals surface area contributed by atoms with E-state index < -0.39 is 0 Å². The molecule has 2 N–H and O–H groups in total. The maximum absolute atomic E-state index is 13.4. The van der Waals surface area contributed by atoms with Crippen LogP contribution in [0.15, 0.2) is 54.9 Å². The van der Waals surface area contributed by atoms with Gasteiger partial charge in [0.2, 0.25) is 0 Å². The summed E-state index contributed by atoms with van der Waals surface area (Å²) in [6.45, 7) is 1.26. The van der Waals surface area contributed by atoms with Gasteiger partial charge in [0.15, 0.2) is 0 Å². The standard InChI is InChI=1S/C24H26N4O2S2/c29-22(21-19-10-15-31-16-20(19)32-23(21)27-11-4-5-12-27)25-18-8-13-28(14-9-18)24(30)26-17-6-2-1-3-7-17/h1-7,11-12,18H,8-10,13-16H2,(H,25,29)(H,26,30). The largest absolute Gasteiger partial charge is 0.349 e. The number of likely N-dealkylation sites (tertiary alicyclic amines) is 1. The highest BCUT2D eigenvalue weighted by Gasteiger charge is 2.29. The van der Waals surface area contributed by atoms with Crippen LogP contribution in [0.2, 0.25) is 0 Å². The lowest BCUT2D eigenvalue weighted by molar-refractivity contribution is 0.0919. The first kappa shape index (κ1) is 21.2. The summed E-state index contributed by atoms with van der Waals surface area (Å²) in [5.74, 6) is 2.06. The molecule has 0 bridgehead atoms. The lowest BCUT2D eigenvalue weighted by Gasteiger charge is -2.32. The number of aromatic nitrogens is 1. The van der Waals surface area contributed by atoms with Crippen LogP contribution in [-0.2, 0) is 12.2 Å². The molecule has 0 spiro atoms. The average molecular weight is 467 g/mol. The normalized spacial score (nSPS) is 16.4. The summed E-state index contributed by atoms with van der Waals surface area (Å²) < 4.78 is 2.05. The minimum absolute atomic E-state index is 0.0188. The summed E-state index contributed by atoms with van der Waals surface area (Å²) in [7, 11) is 0. The molecule has 0 unspecified atom stereocenters. The Balaban J connectivity index is 1.24. The highest BCUT2D eigenvalue weighted by molar-refractivity contribution is 7.98. The monoisotopic (exact) mass is 466 g/mol. The summed E-state index contributed by atoms with van der Waals surface area (Å²) in [6, 6.07) is 13.5. The van der Waals surface area contributed by atoms with Crippen LogP contribution in [0.4, 0.5) is 10.5 Å². The van der Waals surface area contributed by atoms with Gasteiger partial charge in [-0.2, -0.15) is 11.8 Å². The first-order chi connectivity index (χ1) is 15.7. The molecule has 1 saturated heterocycles. The predicted octanol–water partition coefficient (Wildman–Crippen LogP) is 4.75. The second-order valence-electron chi connectivity index (χ2n) is 8.11. The van der Waals surface area contributed by atoms with Crippen molar-refractivity contribution in [3.8, 4) is 5.00 Å². The molecule has 166 valence electrons. The van der Waals surface area contributed by atoms with E-state index in [1.165, 1.54) is 10.4 Å². The first-order valence-corrected chi connectivity index (χ1v) is 12.9. The van der Waals surface area contributed by atoms with Crippen molar-refractivity contribution in [2.24, 2.45) is 0 Å². The predicted molar refractivity (Wildman–Crippen MR) is 131 cm³/mol. The van der Waals surface area contributed by atoms with E-state index in [-0.39, 0.29) is 18.0 Å². The third kappa shape index (κ3) is 4.42. The van der Waals surface area contributed by atoms with Gasteiger partial charge in [0, 0.05) is 47.8 Å². The van der Waals surface area contributed by atoms with Crippen LogP contribution in [0.1, 0.15) is 33.6 Å². The Morgan fingerprint density at radius 3 is 2.50 bits per heavy atom. The molecule has 2 aromatic heterocycles. The van der Waals surface area contributed by atoms with Crippen LogP contribution in [0.3, 0.4) is 0 Å². The van der Waals surface area contributed by atoms with Crippen LogP contribution in [-0.4, -0.2) is 46.3 Å². The van der Waals surface area contributed by atoms with Gasteiger partial charge >= 0.3 is 6.03 Å². The number of fused-ring (bicyclic) bond motifs is 1. The molecule has 2 aliphatic rings. The number of thioether (sulfide) groups is 1. The number of carbonyl (C=O) groups is 2. The van der Waals surface area contributed by atoms with E-state index in [2.05, 4.69) is 15.2 Å². The number of nitrogens with one attached hydrogen (secondary N) is 2. The molecule has 3 aromatic rings. The molecule has 0 aliphatic carbocycles. The minimum Gasteiger partial charge on any atom is -0.349 e. The molecule has 8 heteroatoms. The number of carbonyl (C=O) groups excluding carboxylic acids is 2. The van der Waals surface area contributed by atoms with Crippen molar-refractivity contribution in [2.75, 3.05) is 24.2 Å². The molecule has 6 nitrogen and oxygen atoms in total. The van der Waals surface area contributed by atoms with E-state index >= 15 is 0 Å². The van der Waals surface area contributed by atoms with Crippen LogP contribution in [0.5, 0.6) is 0 Å². The Morgan fingerprint density at radius 2 is 1.75 bits per heavy atom. The Hall–Kier alpha value is -2.71. The number of anilines is 1. The van der Waals surface area contributed by atoms with Gasteiger partial charge < -0.3 is 20.1 Å². The van der Waals surface area contributed by atoms with Crippen LogP contribution >= 0.6 is 23.1 Å². The van der Waals surface area contributed by atoms with Gasteiger partial charge in [-0.25, -0.2) is 4.79 Å². The Bertz CT molecular complexity index is 1090. The second kappa shape index (κ2) is 9.42. The smallest absolute Gasteiger partial charge is 0.321 e. The van der Waals surface area contributed by atoms with E-state index in [0.717, 1.165) is 47.0 Å². The van der Waals surface area contributed by atoms with Crippen LogP contribution < -0.4 is 10.6 Å². The van der Waals surface area contributed by atoms with Crippen LogP contribution in [0, 0.1) is 0 Å². The molecule has 5 rings (SSSR count). The topological polar surface area (TPSA) is 66.4 Å². The fourth-order valence-corrected chi connectivity index (χ4v) is 6.76. The van der Waals surface area contributed by atoms with Crippen molar-refractivity contribution < 1.29 is 9.59 Å². The maximum Gasteiger partial charge on any atom is 0.321 e. The zero-order valence-electron chi connectivity index (χ0n) is 17.8. The SMILES string of the molecule is O=C(NC1CCN(C(=O)Nc2ccccc2)CC1)c1c(-n2cccc2)sc2c1CCSC2. The molecular formula is C24H26N4O2S2. The van der Waals surface area contributed by atoms with Gasteiger partial charge in [-0.1, -0.05) is 18.2 Å². The molecule has 4 heterocycles. The highest BCUT2D eigenvalue weighted by Crippen LogP contribution is 2.38. The quantitative estimate of drug-likeness (QED) is 0.583. The summed E-state index contributed by atoms with van der Waals surface area (Å²) in [4.78, 5) is 29.1. The molecule has 3 amide bonds. The molecule has 0 atom stereocenters. The lowest BCUT2D eigenvalue weighted by atomic mass is 10.0. The zero-order chi connectivity index (χ0) is 21.9. The zero-order valence-corrected chi connectivity index (χ0v) is 19.4. The summed E-state index contributed by atoms with van der Waals surface area (Å²) in [6.07, 6.45) is 6.47. The van der Waals surface area contributed by atoms with Gasteiger partial charge in [-0.05, 0) is 54.8 Å². The van der Waals surface area contributed by atoms with Crippen molar-refractivity contribution in [2.45, 2.75) is 31.1 Å². The maximum atomic E-state index is 13.4. The van der Waals surface area contributed by atoms with Crippen LogP contribution in [0.25, 0.3) is 5.00 Å². The van der Waals surface area contributed by atoms with Gasteiger partial charge in [-0.15, -0.1) is 11.3 Å². The number of amides is 3. The van der Waals surface area contributed by atoms with E-state index in [1.807, 2.05) is 71.5 Å². The number of hydrogen-bond acceptors (Lipinski definition) is 4. The fraction of sp³-hybridized carbons (Fsp3) is 0.333. The molecule has 1 aromatic carbocycles. The number of benzene rings is 1.